The number of carbonyl (C=O) groups excluding carboxylic acids is 5. The van der Waals surface area contributed by atoms with Gasteiger partial charge in [-0.3, -0.25) is 24.0 Å². The van der Waals surface area contributed by atoms with Crippen LogP contribution in [0.3, 0.4) is 0 Å². The van der Waals surface area contributed by atoms with Crippen LogP contribution in [-0.2, 0) is 35.1 Å². The second-order valence-electron chi connectivity index (χ2n) is 10.6. The van der Waals surface area contributed by atoms with Gasteiger partial charge in [-0.25, -0.2) is 0 Å². The van der Waals surface area contributed by atoms with E-state index in [1.165, 1.54) is 18.9 Å². The van der Waals surface area contributed by atoms with E-state index in [-0.39, 0.29) is 50.5 Å². The fourth-order valence-corrected chi connectivity index (χ4v) is 4.80. The molecule has 3 heterocycles. The molecule has 3 aliphatic rings. The van der Waals surface area contributed by atoms with E-state index in [1.807, 2.05) is 13.8 Å². The van der Waals surface area contributed by atoms with Gasteiger partial charge < -0.3 is 34.8 Å². The molecule has 0 unspecified atom stereocenters. The number of piperazine rings is 1. The summed E-state index contributed by atoms with van der Waals surface area (Å²) in [6, 6.07) is 5.25. The maximum absolute atomic E-state index is 13.6. The van der Waals surface area contributed by atoms with Gasteiger partial charge in [-0.2, -0.15) is 0 Å². The Bertz CT molecular complexity index is 1050. The average molecular weight is 560 g/mol. The molecule has 1 fully saturated rings. The van der Waals surface area contributed by atoms with Gasteiger partial charge in [0.15, 0.2) is 6.61 Å². The summed E-state index contributed by atoms with van der Waals surface area (Å²) in [4.78, 5) is 69.5. The van der Waals surface area contributed by atoms with Gasteiger partial charge in [-0.15, -0.1) is 0 Å². The molecule has 2 atom stereocenters. The molecule has 5 amide bonds. The van der Waals surface area contributed by atoms with Crippen LogP contribution >= 0.6 is 0 Å². The number of nitrogens with zero attached hydrogens (tertiary/aromatic N) is 3. The Morgan fingerprint density at radius 2 is 1.65 bits per heavy atom. The van der Waals surface area contributed by atoms with Gasteiger partial charge in [0.05, 0.1) is 13.2 Å². The van der Waals surface area contributed by atoms with E-state index in [0.717, 1.165) is 5.56 Å². The summed E-state index contributed by atoms with van der Waals surface area (Å²) in [5, 5.41) is 5.60. The Morgan fingerprint density at radius 1 is 1.00 bits per heavy atom. The highest BCUT2D eigenvalue weighted by Crippen LogP contribution is 2.16. The van der Waals surface area contributed by atoms with E-state index in [4.69, 9.17) is 9.47 Å². The Morgan fingerprint density at radius 3 is 2.25 bits per heavy atom. The highest BCUT2D eigenvalue weighted by Gasteiger charge is 2.32. The summed E-state index contributed by atoms with van der Waals surface area (Å²) in [7, 11) is 1.50. The minimum Gasteiger partial charge on any atom is -0.484 e. The van der Waals surface area contributed by atoms with Crippen LogP contribution in [0.2, 0.25) is 0 Å². The number of hydrogen-bond donors (Lipinski definition) is 2. The van der Waals surface area contributed by atoms with Gasteiger partial charge in [0.2, 0.25) is 23.6 Å². The lowest BCUT2D eigenvalue weighted by Crippen LogP contribution is -2.58. The number of methoxy groups -OCH3 is 1. The maximum atomic E-state index is 13.6. The Hall–Kier alpha value is -3.67. The largest absolute Gasteiger partial charge is 0.484 e. The number of hydrogen-bond acceptors (Lipinski definition) is 7. The number of benzene rings is 1. The number of ether oxygens (including phenoxy) is 2. The summed E-state index contributed by atoms with van der Waals surface area (Å²) in [5.74, 6) is -1.08. The molecule has 1 saturated heterocycles. The van der Waals surface area contributed by atoms with Crippen LogP contribution < -0.4 is 15.4 Å². The third kappa shape index (κ3) is 8.94. The van der Waals surface area contributed by atoms with Crippen molar-refractivity contribution in [3.05, 3.63) is 29.8 Å². The van der Waals surface area contributed by atoms with Gasteiger partial charge >= 0.3 is 0 Å². The Labute approximate surface area is 235 Å². The van der Waals surface area contributed by atoms with Crippen LogP contribution in [0.1, 0.15) is 32.8 Å². The lowest BCUT2D eigenvalue weighted by atomic mass is 10.0. The topological polar surface area (TPSA) is 138 Å². The highest BCUT2D eigenvalue weighted by atomic mass is 16.5. The molecule has 0 aromatic heterocycles. The van der Waals surface area contributed by atoms with Crippen molar-refractivity contribution in [1.29, 1.82) is 0 Å². The van der Waals surface area contributed by atoms with Crippen molar-refractivity contribution in [3.8, 4) is 5.75 Å². The molecule has 1 aromatic rings. The first kappa shape index (κ1) is 30.9. The molecule has 0 saturated carbocycles. The smallest absolute Gasteiger partial charge is 0.258 e. The van der Waals surface area contributed by atoms with E-state index in [9.17, 15) is 24.0 Å². The number of nitrogens with one attached hydrogen (secondary N) is 2. The van der Waals surface area contributed by atoms with Gasteiger partial charge in [0.25, 0.3) is 5.91 Å². The highest BCUT2D eigenvalue weighted by molar-refractivity contribution is 5.93. The van der Waals surface area contributed by atoms with Gasteiger partial charge in [0, 0.05) is 53.2 Å². The minimum atomic E-state index is -0.874. The van der Waals surface area contributed by atoms with Crippen LogP contribution in [0.4, 0.5) is 0 Å². The van der Waals surface area contributed by atoms with E-state index in [2.05, 4.69) is 10.6 Å². The quantitative estimate of drug-likeness (QED) is 0.461. The zero-order valence-electron chi connectivity index (χ0n) is 23.8. The molecule has 0 aliphatic carbocycles. The second kappa shape index (κ2) is 14.6. The molecular formula is C28H41N5O7. The molecular weight excluding hydrogens is 518 g/mol. The molecule has 0 radical (unpaired) electrons. The predicted octanol–water partition coefficient (Wildman–Crippen LogP) is -0.197. The summed E-state index contributed by atoms with van der Waals surface area (Å²) >= 11 is 0. The molecule has 4 rings (SSSR count). The number of carbonyl (C=O) groups is 5. The zero-order valence-corrected chi connectivity index (χ0v) is 23.8. The lowest BCUT2D eigenvalue weighted by molar-refractivity contribution is -0.143. The summed E-state index contributed by atoms with van der Waals surface area (Å²) in [6.45, 7) is 6.72. The molecule has 40 heavy (non-hydrogen) atoms. The van der Waals surface area contributed by atoms with Crippen LogP contribution in [0, 0.1) is 5.92 Å². The average Bonchev–Trinajstić information content (AvgIpc) is 2.92. The van der Waals surface area contributed by atoms with Crippen molar-refractivity contribution in [2.24, 2.45) is 5.92 Å². The van der Waals surface area contributed by atoms with Crippen molar-refractivity contribution in [1.82, 2.24) is 25.3 Å². The molecule has 0 spiro atoms. The first-order chi connectivity index (χ1) is 19.1. The Kier molecular flexibility index (Phi) is 11.3. The van der Waals surface area contributed by atoms with Gasteiger partial charge in [-0.05, 0) is 30.0 Å². The number of fused-ring (bicyclic) bond motifs is 13. The number of rotatable bonds is 6. The first-order valence-corrected chi connectivity index (χ1v) is 13.7. The van der Waals surface area contributed by atoms with E-state index < -0.39 is 29.8 Å². The summed E-state index contributed by atoms with van der Waals surface area (Å²) in [5.41, 5.74) is 0.786. The molecule has 12 heteroatoms. The van der Waals surface area contributed by atoms with E-state index in [0.29, 0.717) is 38.3 Å². The summed E-state index contributed by atoms with van der Waals surface area (Å²) < 4.78 is 10.8. The lowest BCUT2D eigenvalue weighted by Gasteiger charge is -2.36. The zero-order chi connectivity index (χ0) is 29.2. The van der Waals surface area contributed by atoms with Crippen molar-refractivity contribution in [2.75, 3.05) is 59.6 Å². The molecule has 220 valence electrons. The third-order valence-electron chi connectivity index (χ3n) is 6.95. The van der Waals surface area contributed by atoms with Crippen molar-refractivity contribution < 1.29 is 33.4 Å². The third-order valence-corrected chi connectivity index (χ3v) is 6.95. The minimum absolute atomic E-state index is 0.0415. The standard InChI is InChI=1S/C28H41N5O7/c1-19(2)15-23-28(38)33(13-14-39-4)17-25(35)29-24(27(37)32-11-9-31(10-12-32)20(3)34)16-21-5-7-22(8-6-21)40-18-26(36)30-23/h5-8,19,23-24H,9-18H2,1-4H3,(H,29,35)(H,30,36)/t23-,24-/m0/s1. The van der Waals surface area contributed by atoms with Crippen molar-refractivity contribution >= 4 is 29.5 Å². The maximum Gasteiger partial charge on any atom is 0.258 e. The Balaban J connectivity index is 1.88. The molecule has 1 aromatic carbocycles. The van der Waals surface area contributed by atoms with E-state index in [1.54, 1.807) is 34.1 Å². The second-order valence-corrected chi connectivity index (χ2v) is 10.6. The van der Waals surface area contributed by atoms with Gasteiger partial charge in [0.1, 0.15) is 17.8 Å². The normalized spacial score (nSPS) is 21.2. The predicted molar refractivity (Wildman–Crippen MR) is 146 cm³/mol. The van der Waals surface area contributed by atoms with Crippen LogP contribution in [-0.4, -0.2) is 116 Å². The first-order valence-electron chi connectivity index (χ1n) is 13.7. The molecule has 12 nitrogen and oxygen atoms in total. The number of amides is 5. The fourth-order valence-electron chi connectivity index (χ4n) is 4.80. The van der Waals surface area contributed by atoms with Gasteiger partial charge in [-0.1, -0.05) is 26.0 Å². The molecule has 2 N–H and O–H groups in total. The van der Waals surface area contributed by atoms with Crippen molar-refractivity contribution in [3.63, 3.8) is 0 Å². The van der Waals surface area contributed by atoms with Crippen LogP contribution in [0.15, 0.2) is 24.3 Å². The van der Waals surface area contributed by atoms with Crippen LogP contribution in [0.25, 0.3) is 0 Å². The monoisotopic (exact) mass is 559 g/mol. The van der Waals surface area contributed by atoms with E-state index >= 15 is 0 Å². The molecule has 3 aliphatic heterocycles. The van der Waals surface area contributed by atoms with Crippen LogP contribution in [0.5, 0.6) is 5.75 Å². The summed E-state index contributed by atoms with van der Waals surface area (Å²) in [6.07, 6.45) is 0.595. The fraction of sp³-hybridized carbons (Fsp3) is 0.607. The SMILES string of the molecule is COCCN1CC(=O)N[C@H](C(=O)N2CCN(C(C)=O)CC2)Cc2ccc(cc2)OCC(=O)N[C@@H](CC(C)C)C1=O. The molecule has 2 bridgehead atoms. The van der Waals surface area contributed by atoms with Crippen molar-refractivity contribution in [2.45, 2.75) is 45.7 Å².